The Labute approximate surface area is 140 Å². The minimum atomic E-state index is -0.113. The quantitative estimate of drug-likeness (QED) is 0.782. The van der Waals surface area contributed by atoms with Crippen LogP contribution in [0.2, 0.25) is 0 Å². The maximum Gasteiger partial charge on any atom is 0.317 e. The predicted octanol–water partition coefficient (Wildman–Crippen LogP) is 1.55. The van der Waals surface area contributed by atoms with Crippen LogP contribution < -0.4 is 16.6 Å². The van der Waals surface area contributed by atoms with E-state index in [1.165, 1.54) is 6.42 Å². The van der Waals surface area contributed by atoms with Crippen molar-refractivity contribution in [1.29, 1.82) is 0 Å². The summed E-state index contributed by atoms with van der Waals surface area (Å²) in [6.07, 6.45) is 5.14. The number of benzene rings is 1. The van der Waals surface area contributed by atoms with Crippen LogP contribution in [-0.2, 0) is 6.54 Å². The number of fused-ring (bicyclic) bond motifs is 1. The van der Waals surface area contributed by atoms with Crippen molar-refractivity contribution in [2.75, 3.05) is 13.1 Å². The highest BCUT2D eigenvalue weighted by atomic mass is 16.2. The second kappa shape index (κ2) is 5.63. The van der Waals surface area contributed by atoms with Gasteiger partial charge in [0.05, 0.1) is 0 Å². The molecule has 4 rings (SSSR count). The molecule has 6 heteroatoms. The Kier molecular flexibility index (Phi) is 3.57. The number of likely N-dealkylation sites (tertiary alicyclic amines) is 1. The van der Waals surface area contributed by atoms with Crippen LogP contribution in [0.15, 0.2) is 35.3 Å². The van der Waals surface area contributed by atoms with Crippen molar-refractivity contribution in [3.63, 3.8) is 0 Å². The zero-order chi connectivity index (χ0) is 16.7. The van der Waals surface area contributed by atoms with Crippen molar-refractivity contribution in [1.82, 2.24) is 15.2 Å². The van der Waals surface area contributed by atoms with Crippen molar-refractivity contribution in [2.45, 2.75) is 31.8 Å². The third-order valence-electron chi connectivity index (χ3n) is 5.67. The number of nitrogens with zero attached hydrogens (tertiary/aromatic N) is 1. The van der Waals surface area contributed by atoms with Gasteiger partial charge in [-0.1, -0.05) is 24.6 Å². The summed E-state index contributed by atoms with van der Waals surface area (Å²) in [7, 11) is 0. The second-order valence-electron chi connectivity index (χ2n) is 7.05. The number of carbonyl (C=O) groups excluding carboxylic acids is 1. The van der Waals surface area contributed by atoms with Crippen LogP contribution in [0.3, 0.4) is 0 Å². The molecule has 1 aromatic carbocycles. The molecule has 1 unspecified atom stereocenters. The van der Waals surface area contributed by atoms with Crippen molar-refractivity contribution in [3.05, 3.63) is 46.4 Å². The van der Waals surface area contributed by atoms with Crippen LogP contribution >= 0.6 is 0 Å². The lowest BCUT2D eigenvalue weighted by atomic mass is 9.66. The fourth-order valence-corrected chi connectivity index (χ4v) is 4.01. The largest absolute Gasteiger partial charge is 0.334 e. The molecule has 1 aliphatic carbocycles. The van der Waals surface area contributed by atoms with E-state index in [9.17, 15) is 9.59 Å². The molecule has 0 radical (unpaired) electrons. The molecule has 1 spiro atoms. The van der Waals surface area contributed by atoms with Gasteiger partial charge in [0.15, 0.2) is 0 Å². The van der Waals surface area contributed by atoms with Crippen LogP contribution in [0.25, 0.3) is 10.8 Å². The number of nitrogens with one attached hydrogen (secondary N) is 2. The van der Waals surface area contributed by atoms with E-state index in [1.807, 2.05) is 23.1 Å². The summed E-state index contributed by atoms with van der Waals surface area (Å²) in [5, 5.41) is 4.48. The Bertz CT molecular complexity index is 840. The molecule has 2 fully saturated rings. The number of hydrogen-bond acceptors (Lipinski definition) is 3. The van der Waals surface area contributed by atoms with Gasteiger partial charge in [-0.05, 0) is 29.9 Å². The van der Waals surface area contributed by atoms with E-state index >= 15 is 0 Å². The van der Waals surface area contributed by atoms with Crippen LogP contribution in [0, 0.1) is 5.41 Å². The molecule has 1 saturated heterocycles. The third-order valence-corrected chi connectivity index (χ3v) is 5.67. The number of H-pyrrole nitrogens is 1. The second-order valence-corrected chi connectivity index (χ2v) is 7.05. The first-order valence-electron chi connectivity index (χ1n) is 8.47. The summed E-state index contributed by atoms with van der Waals surface area (Å²) in [5.41, 5.74) is 7.19. The molecule has 4 N–H and O–H groups in total. The number of hydrogen-bond donors (Lipinski definition) is 3. The van der Waals surface area contributed by atoms with Gasteiger partial charge in [-0.2, -0.15) is 0 Å². The number of rotatable bonds is 2. The molecule has 2 aliphatic rings. The lowest BCUT2D eigenvalue weighted by Crippen LogP contribution is -2.45. The zero-order valence-corrected chi connectivity index (χ0v) is 13.5. The molecular formula is C18H22N4O2. The fraction of sp³-hybridized carbons (Fsp3) is 0.444. The molecule has 1 saturated carbocycles. The number of carbonyl (C=O) groups is 1. The van der Waals surface area contributed by atoms with Gasteiger partial charge in [-0.15, -0.1) is 0 Å². The topological polar surface area (TPSA) is 91.2 Å². The van der Waals surface area contributed by atoms with E-state index in [-0.39, 0.29) is 23.0 Å². The number of amides is 2. The summed E-state index contributed by atoms with van der Waals surface area (Å²) >= 11 is 0. The molecule has 126 valence electrons. The summed E-state index contributed by atoms with van der Waals surface area (Å²) in [6, 6.07) is 7.44. The van der Waals surface area contributed by atoms with Gasteiger partial charge in [-0.25, -0.2) is 4.79 Å². The van der Waals surface area contributed by atoms with Crippen molar-refractivity contribution >= 4 is 16.8 Å². The number of pyridine rings is 1. The standard InChI is InChI=1S/C18H22N4O2/c19-15-10-22(11-18(15)6-3-7-18)17(24)21-9-12-8-20-16(23)14-5-2-1-4-13(12)14/h1-2,4-5,8,15H,3,6-7,9-11,19H2,(H,20,23)(H,21,24). The Morgan fingerprint density at radius 1 is 1.33 bits per heavy atom. The van der Waals surface area contributed by atoms with Crippen LogP contribution in [0.4, 0.5) is 4.79 Å². The normalized spacial score (nSPS) is 21.9. The average Bonchev–Trinajstić information content (AvgIpc) is 2.92. The Morgan fingerprint density at radius 3 is 2.75 bits per heavy atom. The average molecular weight is 326 g/mol. The highest BCUT2D eigenvalue weighted by Crippen LogP contribution is 2.47. The van der Waals surface area contributed by atoms with Crippen molar-refractivity contribution in [3.8, 4) is 0 Å². The summed E-state index contributed by atoms with van der Waals surface area (Å²) in [6.45, 7) is 1.76. The van der Waals surface area contributed by atoms with Gasteiger partial charge in [0, 0.05) is 42.7 Å². The van der Waals surface area contributed by atoms with E-state index in [0.29, 0.717) is 18.5 Å². The Morgan fingerprint density at radius 2 is 2.08 bits per heavy atom. The molecular weight excluding hydrogens is 304 g/mol. The highest BCUT2D eigenvalue weighted by molar-refractivity contribution is 5.85. The van der Waals surface area contributed by atoms with E-state index in [1.54, 1.807) is 12.3 Å². The van der Waals surface area contributed by atoms with Gasteiger partial charge in [0.2, 0.25) is 0 Å². The molecule has 6 nitrogen and oxygen atoms in total. The van der Waals surface area contributed by atoms with Crippen LogP contribution in [0.1, 0.15) is 24.8 Å². The fourth-order valence-electron chi connectivity index (χ4n) is 4.01. The van der Waals surface area contributed by atoms with Crippen LogP contribution in [-0.4, -0.2) is 35.0 Å². The van der Waals surface area contributed by atoms with E-state index < -0.39 is 0 Å². The molecule has 1 aliphatic heterocycles. The molecule has 0 bridgehead atoms. The highest BCUT2D eigenvalue weighted by Gasteiger charge is 2.49. The van der Waals surface area contributed by atoms with Gasteiger partial charge in [0.25, 0.3) is 5.56 Å². The first kappa shape index (κ1) is 15.2. The van der Waals surface area contributed by atoms with Gasteiger partial charge < -0.3 is 20.9 Å². The minimum absolute atomic E-state index is 0.0792. The smallest absolute Gasteiger partial charge is 0.317 e. The van der Waals surface area contributed by atoms with Crippen molar-refractivity contribution in [2.24, 2.45) is 11.1 Å². The number of urea groups is 1. The first-order chi connectivity index (χ1) is 11.6. The summed E-state index contributed by atoms with van der Waals surface area (Å²) in [4.78, 5) is 28.9. The Balaban J connectivity index is 1.47. The van der Waals surface area contributed by atoms with Crippen molar-refractivity contribution < 1.29 is 4.79 Å². The molecule has 2 aromatic rings. The molecule has 1 aromatic heterocycles. The number of aromatic nitrogens is 1. The minimum Gasteiger partial charge on any atom is -0.334 e. The monoisotopic (exact) mass is 326 g/mol. The van der Waals surface area contributed by atoms with E-state index in [2.05, 4.69) is 10.3 Å². The first-order valence-corrected chi connectivity index (χ1v) is 8.47. The maximum atomic E-state index is 12.5. The lowest BCUT2D eigenvalue weighted by Gasteiger charge is -2.41. The van der Waals surface area contributed by atoms with E-state index in [4.69, 9.17) is 5.73 Å². The number of nitrogens with two attached hydrogens (primary N) is 1. The van der Waals surface area contributed by atoms with Crippen LogP contribution in [0.5, 0.6) is 0 Å². The predicted molar refractivity (Wildman–Crippen MR) is 92.6 cm³/mol. The maximum absolute atomic E-state index is 12.5. The Hall–Kier alpha value is -2.34. The lowest BCUT2D eigenvalue weighted by molar-refractivity contribution is 0.125. The zero-order valence-electron chi connectivity index (χ0n) is 13.5. The summed E-state index contributed by atoms with van der Waals surface area (Å²) in [5.74, 6) is 0. The molecule has 2 amide bonds. The third kappa shape index (κ3) is 2.38. The summed E-state index contributed by atoms with van der Waals surface area (Å²) < 4.78 is 0. The molecule has 2 heterocycles. The molecule has 24 heavy (non-hydrogen) atoms. The molecule has 1 atom stereocenters. The van der Waals surface area contributed by atoms with Gasteiger partial charge >= 0.3 is 6.03 Å². The number of aromatic amines is 1. The SMILES string of the molecule is NC1CN(C(=O)NCc2c[nH]c(=O)c3ccccc23)CC12CCC2. The van der Waals surface area contributed by atoms with Gasteiger partial charge in [0.1, 0.15) is 0 Å². The van der Waals surface area contributed by atoms with E-state index in [0.717, 1.165) is 30.3 Å². The van der Waals surface area contributed by atoms with Gasteiger partial charge in [-0.3, -0.25) is 4.79 Å².